The van der Waals surface area contributed by atoms with Gasteiger partial charge in [-0.05, 0) is 67.6 Å². The molecular weight excluding hydrogens is 276 g/mol. The predicted molar refractivity (Wildman–Crippen MR) is 101 cm³/mol. The van der Waals surface area contributed by atoms with Crippen molar-refractivity contribution in [2.45, 2.75) is 34.1 Å². The summed E-state index contributed by atoms with van der Waals surface area (Å²) in [5.74, 6) is 0.817. The van der Waals surface area contributed by atoms with Gasteiger partial charge in [-0.3, -0.25) is 0 Å². The Morgan fingerprint density at radius 1 is 1.13 bits per heavy atom. The fourth-order valence-electron chi connectivity index (χ4n) is 3.92. The Labute approximate surface area is 140 Å². The number of allylic oxidation sites excluding steroid dienone is 13. The number of rotatable bonds is 2. The Kier molecular flexibility index (Phi) is 3.80. The summed E-state index contributed by atoms with van der Waals surface area (Å²) < 4.78 is 0. The van der Waals surface area contributed by atoms with Crippen molar-refractivity contribution in [2.24, 2.45) is 11.8 Å². The molecule has 0 aromatic heterocycles. The molecule has 0 nitrogen and oxygen atoms in total. The molecule has 23 heavy (non-hydrogen) atoms. The molecule has 0 aromatic carbocycles. The van der Waals surface area contributed by atoms with Gasteiger partial charge in [-0.15, -0.1) is 0 Å². The fourth-order valence-corrected chi connectivity index (χ4v) is 3.92. The van der Waals surface area contributed by atoms with E-state index in [0.29, 0.717) is 11.8 Å². The third-order valence-electron chi connectivity index (χ3n) is 5.39. The van der Waals surface area contributed by atoms with Crippen LogP contribution in [0.4, 0.5) is 0 Å². The van der Waals surface area contributed by atoms with Crippen molar-refractivity contribution in [3.8, 4) is 0 Å². The van der Waals surface area contributed by atoms with Gasteiger partial charge >= 0.3 is 0 Å². The molecular formula is C23H26. The molecule has 0 saturated heterocycles. The normalized spacial score (nSPS) is 28.9. The molecule has 1 fully saturated rings. The molecule has 2 unspecified atom stereocenters. The van der Waals surface area contributed by atoms with Crippen LogP contribution in [0.2, 0.25) is 0 Å². The third kappa shape index (κ3) is 2.57. The standard InChI is InChI=1S/C23H26/c1-13(2)8-20-16(5)11-22(17(20)6)23-12-19-9-14(3)15(4)10-21(19)18(23)7/h8-10,12,21-22H,1,5-6,11H2,2-4,7H3/b20-8+. The summed E-state index contributed by atoms with van der Waals surface area (Å²) in [6.45, 7) is 21.4. The van der Waals surface area contributed by atoms with Crippen LogP contribution in [0.25, 0.3) is 0 Å². The monoisotopic (exact) mass is 302 g/mol. The molecule has 2 atom stereocenters. The van der Waals surface area contributed by atoms with Crippen molar-refractivity contribution in [3.63, 3.8) is 0 Å². The van der Waals surface area contributed by atoms with Gasteiger partial charge in [0.15, 0.2) is 0 Å². The minimum Gasteiger partial charge on any atom is -0.0961 e. The highest BCUT2D eigenvalue weighted by molar-refractivity contribution is 5.62. The molecule has 0 heterocycles. The number of fused-ring (bicyclic) bond motifs is 1. The summed E-state index contributed by atoms with van der Waals surface area (Å²) in [7, 11) is 0. The van der Waals surface area contributed by atoms with Crippen molar-refractivity contribution in [3.05, 3.63) is 94.2 Å². The maximum Gasteiger partial charge on any atom is 0.0237 e. The van der Waals surface area contributed by atoms with Crippen LogP contribution in [0.1, 0.15) is 34.1 Å². The lowest BCUT2D eigenvalue weighted by Crippen LogP contribution is -2.05. The Morgan fingerprint density at radius 2 is 1.83 bits per heavy atom. The van der Waals surface area contributed by atoms with Gasteiger partial charge in [0.25, 0.3) is 0 Å². The van der Waals surface area contributed by atoms with Crippen LogP contribution in [0.3, 0.4) is 0 Å². The third-order valence-corrected chi connectivity index (χ3v) is 5.39. The number of hydrogen-bond donors (Lipinski definition) is 0. The highest BCUT2D eigenvalue weighted by atomic mass is 14.4. The lowest BCUT2D eigenvalue weighted by Gasteiger charge is -2.19. The van der Waals surface area contributed by atoms with Crippen LogP contribution in [0.15, 0.2) is 94.2 Å². The van der Waals surface area contributed by atoms with Gasteiger partial charge in [-0.2, -0.15) is 0 Å². The van der Waals surface area contributed by atoms with E-state index in [1.807, 2.05) is 6.92 Å². The van der Waals surface area contributed by atoms with Crippen molar-refractivity contribution in [1.82, 2.24) is 0 Å². The van der Waals surface area contributed by atoms with E-state index in [1.54, 1.807) is 0 Å². The minimum absolute atomic E-state index is 0.369. The second kappa shape index (κ2) is 5.53. The second-order valence-electron chi connectivity index (χ2n) is 7.23. The molecule has 3 aliphatic rings. The van der Waals surface area contributed by atoms with E-state index in [1.165, 1.54) is 44.6 Å². The number of hydrogen-bond acceptors (Lipinski definition) is 0. The Balaban J connectivity index is 2.00. The van der Waals surface area contributed by atoms with Gasteiger partial charge in [0.1, 0.15) is 0 Å². The van der Waals surface area contributed by atoms with Gasteiger partial charge in [0.05, 0.1) is 0 Å². The van der Waals surface area contributed by atoms with Gasteiger partial charge in [-0.25, -0.2) is 0 Å². The van der Waals surface area contributed by atoms with E-state index < -0.39 is 0 Å². The molecule has 0 aliphatic heterocycles. The first-order valence-electron chi connectivity index (χ1n) is 8.33. The minimum atomic E-state index is 0.369. The van der Waals surface area contributed by atoms with Crippen molar-refractivity contribution in [1.29, 1.82) is 0 Å². The second-order valence-corrected chi connectivity index (χ2v) is 7.23. The Bertz CT molecular complexity index is 784. The first-order chi connectivity index (χ1) is 10.8. The van der Waals surface area contributed by atoms with E-state index in [9.17, 15) is 0 Å². The highest BCUT2D eigenvalue weighted by Gasteiger charge is 2.34. The van der Waals surface area contributed by atoms with E-state index in [2.05, 4.69) is 64.8 Å². The van der Waals surface area contributed by atoms with Crippen molar-refractivity contribution in [2.75, 3.05) is 0 Å². The quantitative estimate of drug-likeness (QED) is 0.553. The summed E-state index contributed by atoms with van der Waals surface area (Å²) >= 11 is 0. The van der Waals surface area contributed by atoms with Crippen LogP contribution in [0, 0.1) is 11.8 Å². The molecule has 118 valence electrons. The average molecular weight is 302 g/mol. The predicted octanol–water partition coefficient (Wildman–Crippen LogP) is 6.40. The molecule has 0 radical (unpaired) electrons. The van der Waals surface area contributed by atoms with Crippen LogP contribution in [-0.2, 0) is 0 Å². The van der Waals surface area contributed by atoms with Crippen LogP contribution in [-0.4, -0.2) is 0 Å². The van der Waals surface area contributed by atoms with Gasteiger partial charge in [-0.1, -0.05) is 60.8 Å². The SMILES string of the molecule is C=C(C)/C=C1\C(=C)CC(C2=C(C)C3C=C(C)C(C)=CC3=C2)C1=C. The molecule has 3 rings (SSSR count). The molecule has 0 bridgehead atoms. The largest absolute Gasteiger partial charge is 0.0961 e. The van der Waals surface area contributed by atoms with Crippen molar-refractivity contribution >= 4 is 0 Å². The molecule has 0 amide bonds. The van der Waals surface area contributed by atoms with E-state index in [-0.39, 0.29) is 0 Å². The summed E-state index contributed by atoms with van der Waals surface area (Å²) in [6.07, 6.45) is 10.2. The van der Waals surface area contributed by atoms with Crippen LogP contribution >= 0.6 is 0 Å². The molecule has 3 aliphatic carbocycles. The van der Waals surface area contributed by atoms with E-state index >= 15 is 0 Å². The zero-order valence-corrected chi connectivity index (χ0v) is 14.8. The van der Waals surface area contributed by atoms with E-state index in [0.717, 1.165) is 12.0 Å². The summed E-state index contributed by atoms with van der Waals surface area (Å²) in [4.78, 5) is 0. The summed E-state index contributed by atoms with van der Waals surface area (Å²) in [5, 5.41) is 0. The molecule has 0 aromatic rings. The zero-order valence-electron chi connectivity index (χ0n) is 14.8. The van der Waals surface area contributed by atoms with Crippen LogP contribution < -0.4 is 0 Å². The molecule has 0 spiro atoms. The maximum absolute atomic E-state index is 4.38. The van der Waals surface area contributed by atoms with Crippen molar-refractivity contribution < 1.29 is 0 Å². The average Bonchev–Trinajstić information content (AvgIpc) is 2.91. The summed E-state index contributed by atoms with van der Waals surface area (Å²) in [5.41, 5.74) is 11.8. The van der Waals surface area contributed by atoms with Crippen LogP contribution in [0.5, 0.6) is 0 Å². The Morgan fingerprint density at radius 3 is 2.48 bits per heavy atom. The molecule has 0 heteroatoms. The summed E-state index contributed by atoms with van der Waals surface area (Å²) in [6, 6.07) is 0. The van der Waals surface area contributed by atoms with E-state index in [4.69, 9.17) is 0 Å². The lowest BCUT2D eigenvalue weighted by molar-refractivity contribution is 0.778. The fraction of sp³-hybridized carbons (Fsp3) is 0.304. The molecule has 1 saturated carbocycles. The first-order valence-corrected chi connectivity index (χ1v) is 8.33. The highest BCUT2D eigenvalue weighted by Crippen LogP contribution is 2.49. The van der Waals surface area contributed by atoms with Gasteiger partial charge in [0, 0.05) is 11.8 Å². The maximum atomic E-state index is 4.38. The zero-order chi connectivity index (χ0) is 16.9. The van der Waals surface area contributed by atoms with Gasteiger partial charge < -0.3 is 0 Å². The lowest BCUT2D eigenvalue weighted by atomic mass is 9.85. The van der Waals surface area contributed by atoms with Gasteiger partial charge in [0.2, 0.25) is 0 Å². The first kappa shape index (κ1) is 15.8. The smallest absolute Gasteiger partial charge is 0.0237 e. The molecule has 0 N–H and O–H groups in total. The topological polar surface area (TPSA) is 0 Å². The Hall–Kier alpha value is -2.08.